The summed E-state index contributed by atoms with van der Waals surface area (Å²) in [7, 11) is -4.04. The van der Waals surface area contributed by atoms with Crippen molar-refractivity contribution < 1.29 is 17.9 Å². The van der Waals surface area contributed by atoms with Crippen molar-refractivity contribution in [1.82, 2.24) is 19.3 Å². The second kappa shape index (κ2) is 11.7. The lowest BCUT2D eigenvalue weighted by Crippen LogP contribution is -2.29. The number of halogens is 1. The van der Waals surface area contributed by atoms with Gasteiger partial charge < -0.3 is 9.30 Å². The Bertz CT molecular complexity index is 1800. The van der Waals surface area contributed by atoms with Gasteiger partial charge >= 0.3 is 0 Å². The first kappa shape index (κ1) is 27.1. The van der Waals surface area contributed by atoms with Gasteiger partial charge in [0.15, 0.2) is 5.65 Å². The van der Waals surface area contributed by atoms with Crippen LogP contribution in [0.5, 0.6) is 5.75 Å². The molecule has 2 heterocycles. The molecule has 0 saturated heterocycles. The molecule has 5 rings (SSSR count). The predicted octanol–water partition coefficient (Wildman–Crippen LogP) is 5.75. The Morgan fingerprint density at radius 2 is 1.70 bits per heavy atom. The Hall–Kier alpha value is -4.47. The van der Waals surface area contributed by atoms with Crippen LogP contribution in [0.2, 0.25) is 5.02 Å². The normalized spacial score (nSPS) is 11.7. The van der Waals surface area contributed by atoms with E-state index < -0.39 is 15.9 Å². The maximum absolute atomic E-state index is 12.8. The molecule has 0 fully saturated rings. The number of imidazole rings is 1. The summed E-state index contributed by atoms with van der Waals surface area (Å²) in [6.07, 6.45) is 1.41. The van der Waals surface area contributed by atoms with Crippen molar-refractivity contribution in [3.05, 3.63) is 130 Å². The maximum Gasteiger partial charge on any atom is 0.283 e. The number of aromatic nitrogens is 3. The van der Waals surface area contributed by atoms with Gasteiger partial charge in [0, 0.05) is 5.02 Å². The van der Waals surface area contributed by atoms with Gasteiger partial charge in [0.05, 0.1) is 12.0 Å². The summed E-state index contributed by atoms with van der Waals surface area (Å²) in [6, 6.07) is 27.2. The van der Waals surface area contributed by atoms with Gasteiger partial charge in [-0.15, -0.1) is 0 Å². The largest absolute Gasteiger partial charge is 0.489 e. The standard InChI is InChI=1S/C30H25ClN4O4S/c1-21-32-27-14-15-28(30(36)34-40(37,38)17-16-22-8-4-2-5-9-22)33-29(27)35(21)19-24-13-12-23(18-26(24)31)20-39-25-10-6-3-7-11-25/h2-18H,19-20H2,1H3,(H,34,36). The molecule has 0 aliphatic carbocycles. The summed E-state index contributed by atoms with van der Waals surface area (Å²) in [5.74, 6) is 0.603. The highest BCUT2D eigenvalue weighted by molar-refractivity contribution is 7.93. The number of fused-ring (bicyclic) bond motifs is 1. The Labute approximate surface area is 237 Å². The molecule has 8 nitrogen and oxygen atoms in total. The molecule has 1 N–H and O–H groups in total. The molecule has 0 unspecified atom stereocenters. The van der Waals surface area contributed by atoms with Gasteiger partial charge in [-0.1, -0.05) is 72.3 Å². The fourth-order valence-electron chi connectivity index (χ4n) is 4.04. The van der Waals surface area contributed by atoms with Gasteiger partial charge in [0.25, 0.3) is 15.9 Å². The molecule has 40 heavy (non-hydrogen) atoms. The Balaban J connectivity index is 1.32. The molecule has 0 spiro atoms. The van der Waals surface area contributed by atoms with Crippen molar-refractivity contribution in [2.75, 3.05) is 0 Å². The number of rotatable bonds is 9. The van der Waals surface area contributed by atoms with Crippen molar-refractivity contribution in [1.29, 1.82) is 0 Å². The first-order chi connectivity index (χ1) is 19.3. The first-order valence-corrected chi connectivity index (χ1v) is 14.3. The zero-order chi connectivity index (χ0) is 28.1. The highest BCUT2D eigenvalue weighted by Gasteiger charge is 2.18. The van der Waals surface area contributed by atoms with E-state index in [-0.39, 0.29) is 5.69 Å². The lowest BCUT2D eigenvalue weighted by Gasteiger charge is -2.11. The molecule has 0 atom stereocenters. The third kappa shape index (κ3) is 6.56. The van der Waals surface area contributed by atoms with Crippen molar-refractivity contribution in [3.8, 4) is 5.75 Å². The molecule has 0 saturated carbocycles. The topological polar surface area (TPSA) is 103 Å². The SMILES string of the molecule is Cc1nc2ccc(C(=O)NS(=O)(=O)C=Cc3ccccc3)nc2n1Cc1ccc(COc2ccccc2)cc1Cl. The summed E-state index contributed by atoms with van der Waals surface area (Å²) in [5, 5.41) is 1.50. The number of carbonyl (C=O) groups excluding carboxylic acids is 1. The molecule has 2 aromatic heterocycles. The van der Waals surface area contributed by atoms with Crippen LogP contribution in [0.15, 0.2) is 96.4 Å². The lowest BCUT2D eigenvalue weighted by molar-refractivity contribution is 0.0977. The third-order valence-corrected chi connectivity index (χ3v) is 7.40. The van der Waals surface area contributed by atoms with Crippen LogP contribution < -0.4 is 9.46 Å². The van der Waals surface area contributed by atoms with Crippen LogP contribution in [0.25, 0.3) is 17.2 Å². The fraction of sp³-hybridized carbons (Fsp3) is 0.100. The number of benzene rings is 3. The van der Waals surface area contributed by atoms with Gasteiger partial charge in [-0.05, 0) is 60.0 Å². The summed E-state index contributed by atoms with van der Waals surface area (Å²) in [4.78, 5) is 21.8. The molecular weight excluding hydrogens is 548 g/mol. The van der Waals surface area contributed by atoms with Crippen molar-refractivity contribution in [3.63, 3.8) is 0 Å². The number of nitrogens with zero attached hydrogens (tertiary/aromatic N) is 3. The van der Waals surface area contributed by atoms with Crippen molar-refractivity contribution in [2.24, 2.45) is 0 Å². The molecule has 3 aromatic carbocycles. The minimum absolute atomic E-state index is 0.0511. The van der Waals surface area contributed by atoms with E-state index in [1.807, 2.05) is 70.8 Å². The number of amides is 1. The van der Waals surface area contributed by atoms with Gasteiger partial charge in [-0.2, -0.15) is 0 Å². The monoisotopic (exact) mass is 572 g/mol. The van der Waals surface area contributed by atoms with Gasteiger partial charge in [-0.3, -0.25) is 4.79 Å². The summed E-state index contributed by atoms with van der Waals surface area (Å²) in [6.45, 7) is 2.56. The first-order valence-electron chi connectivity index (χ1n) is 12.4. The number of nitrogens with one attached hydrogen (secondary N) is 1. The third-order valence-electron chi connectivity index (χ3n) is 6.08. The molecule has 0 radical (unpaired) electrons. The number of para-hydroxylation sites is 1. The summed E-state index contributed by atoms with van der Waals surface area (Å²) in [5.41, 5.74) is 3.40. The molecule has 0 aliphatic heterocycles. The van der Waals surface area contributed by atoms with E-state index in [1.165, 1.54) is 12.1 Å². The molecule has 202 valence electrons. The second-order valence-electron chi connectivity index (χ2n) is 9.00. The highest BCUT2D eigenvalue weighted by atomic mass is 35.5. The van der Waals surface area contributed by atoms with E-state index in [4.69, 9.17) is 16.3 Å². The van der Waals surface area contributed by atoms with E-state index in [1.54, 1.807) is 30.3 Å². The van der Waals surface area contributed by atoms with Crippen LogP contribution in [0.1, 0.15) is 33.0 Å². The maximum atomic E-state index is 12.8. The molecule has 1 amide bonds. The van der Waals surface area contributed by atoms with Crippen LogP contribution in [-0.4, -0.2) is 28.9 Å². The number of aryl methyl sites for hydroxylation is 1. The lowest BCUT2D eigenvalue weighted by atomic mass is 10.1. The quantitative estimate of drug-likeness (QED) is 0.241. The molecular formula is C30H25ClN4O4S. The molecule has 0 bridgehead atoms. The Morgan fingerprint density at radius 1 is 0.975 bits per heavy atom. The summed E-state index contributed by atoms with van der Waals surface area (Å²) < 4.78 is 34.6. The van der Waals surface area contributed by atoms with Gasteiger partial charge in [0.2, 0.25) is 0 Å². The Kier molecular flexibility index (Phi) is 7.95. The fourth-order valence-corrected chi connectivity index (χ4v) is 5.07. The second-order valence-corrected chi connectivity index (χ2v) is 11.0. The highest BCUT2D eigenvalue weighted by Crippen LogP contribution is 2.23. The van der Waals surface area contributed by atoms with Gasteiger partial charge in [-0.25, -0.2) is 23.1 Å². The van der Waals surface area contributed by atoms with Crippen molar-refractivity contribution >= 4 is 44.8 Å². The molecule has 10 heteroatoms. The van der Waals surface area contributed by atoms with Gasteiger partial charge in [0.1, 0.15) is 29.4 Å². The summed E-state index contributed by atoms with van der Waals surface area (Å²) >= 11 is 6.61. The van der Waals surface area contributed by atoms with E-state index in [0.717, 1.165) is 22.3 Å². The van der Waals surface area contributed by atoms with Crippen LogP contribution in [0.3, 0.4) is 0 Å². The minimum Gasteiger partial charge on any atom is -0.489 e. The van der Waals surface area contributed by atoms with E-state index >= 15 is 0 Å². The molecule has 0 aliphatic rings. The number of ether oxygens (including phenoxy) is 1. The minimum atomic E-state index is -4.04. The van der Waals surface area contributed by atoms with Crippen LogP contribution in [0, 0.1) is 6.92 Å². The van der Waals surface area contributed by atoms with E-state index in [9.17, 15) is 13.2 Å². The van der Waals surface area contributed by atoms with Crippen LogP contribution in [0.4, 0.5) is 0 Å². The number of carbonyl (C=O) groups is 1. The number of sulfonamides is 1. The van der Waals surface area contributed by atoms with E-state index in [2.05, 4.69) is 9.97 Å². The zero-order valence-electron chi connectivity index (χ0n) is 21.5. The predicted molar refractivity (Wildman–Crippen MR) is 155 cm³/mol. The number of pyridine rings is 1. The average molecular weight is 573 g/mol. The number of hydrogen-bond donors (Lipinski definition) is 1. The zero-order valence-corrected chi connectivity index (χ0v) is 23.1. The average Bonchev–Trinajstić information content (AvgIpc) is 3.27. The van der Waals surface area contributed by atoms with Crippen LogP contribution in [-0.2, 0) is 23.2 Å². The van der Waals surface area contributed by atoms with Crippen molar-refractivity contribution in [2.45, 2.75) is 20.1 Å². The van der Waals surface area contributed by atoms with Crippen LogP contribution >= 0.6 is 11.6 Å². The Morgan fingerprint density at radius 3 is 2.42 bits per heavy atom. The van der Waals surface area contributed by atoms with E-state index in [0.29, 0.717) is 40.7 Å². The smallest absolute Gasteiger partial charge is 0.283 e. The number of hydrogen-bond acceptors (Lipinski definition) is 6. The molecule has 5 aromatic rings.